The van der Waals surface area contributed by atoms with Crippen molar-refractivity contribution < 1.29 is 9.53 Å². The van der Waals surface area contributed by atoms with Crippen LogP contribution in [0.3, 0.4) is 0 Å². The molecule has 0 saturated carbocycles. The SMILES string of the molecule is CPCC(=O)OCC(C)C(C)(C)C. The fourth-order valence-corrected chi connectivity index (χ4v) is 1.05. The zero-order chi connectivity index (χ0) is 10.5. The van der Waals surface area contributed by atoms with Crippen molar-refractivity contribution in [2.45, 2.75) is 27.7 Å². The van der Waals surface area contributed by atoms with Gasteiger partial charge in [0.15, 0.2) is 0 Å². The number of hydrogen-bond donors (Lipinski definition) is 0. The van der Waals surface area contributed by atoms with Crippen molar-refractivity contribution in [2.24, 2.45) is 11.3 Å². The maximum absolute atomic E-state index is 11.1. The number of carbonyl (C=O) groups is 1. The van der Waals surface area contributed by atoms with Gasteiger partial charge in [0.25, 0.3) is 0 Å². The Bertz CT molecular complexity index is 161. The van der Waals surface area contributed by atoms with Gasteiger partial charge in [0.05, 0.1) is 12.8 Å². The van der Waals surface area contributed by atoms with Gasteiger partial charge in [0, 0.05) is 0 Å². The molecule has 0 bridgehead atoms. The summed E-state index contributed by atoms with van der Waals surface area (Å²) in [5, 5.41) is 0. The minimum absolute atomic E-state index is 0.0584. The molecule has 2 nitrogen and oxygen atoms in total. The van der Waals surface area contributed by atoms with E-state index in [0.29, 0.717) is 27.3 Å². The Morgan fingerprint density at radius 1 is 1.46 bits per heavy atom. The third-order valence-electron chi connectivity index (χ3n) is 2.29. The molecule has 0 aromatic carbocycles. The molecule has 0 heterocycles. The molecule has 0 saturated heterocycles. The highest BCUT2D eigenvalue weighted by atomic mass is 31.1. The number of carbonyl (C=O) groups excluding carboxylic acids is 1. The van der Waals surface area contributed by atoms with Crippen LogP contribution < -0.4 is 0 Å². The standard InChI is InChI=1S/C10H21O2P/c1-8(10(2,3)4)6-12-9(11)7-13-5/h8,13H,6-7H2,1-5H3. The van der Waals surface area contributed by atoms with E-state index in [1.807, 2.05) is 6.66 Å². The van der Waals surface area contributed by atoms with Crippen LogP contribution in [0.5, 0.6) is 0 Å². The first kappa shape index (κ1) is 12.9. The van der Waals surface area contributed by atoms with E-state index in [-0.39, 0.29) is 11.4 Å². The molecule has 0 aliphatic rings. The first-order chi connectivity index (χ1) is 5.88. The fraction of sp³-hybridized carbons (Fsp3) is 0.900. The number of ether oxygens (including phenoxy) is 1. The number of esters is 1. The second-order valence-corrected chi connectivity index (χ2v) is 5.54. The second kappa shape index (κ2) is 5.59. The first-order valence-electron chi connectivity index (χ1n) is 4.68. The highest BCUT2D eigenvalue weighted by molar-refractivity contribution is 7.38. The van der Waals surface area contributed by atoms with Crippen LogP contribution in [0.1, 0.15) is 27.7 Å². The van der Waals surface area contributed by atoms with Gasteiger partial charge in [0.2, 0.25) is 0 Å². The second-order valence-electron chi connectivity index (χ2n) is 4.48. The van der Waals surface area contributed by atoms with E-state index in [2.05, 4.69) is 27.7 Å². The summed E-state index contributed by atoms with van der Waals surface area (Å²) in [4.78, 5) is 11.1. The van der Waals surface area contributed by atoms with Crippen molar-refractivity contribution in [3.05, 3.63) is 0 Å². The van der Waals surface area contributed by atoms with Crippen LogP contribution in [0.25, 0.3) is 0 Å². The lowest BCUT2D eigenvalue weighted by molar-refractivity contribution is -0.142. The van der Waals surface area contributed by atoms with Gasteiger partial charge in [-0.25, -0.2) is 0 Å². The summed E-state index contributed by atoms with van der Waals surface area (Å²) in [7, 11) is 0.654. The van der Waals surface area contributed by atoms with Crippen LogP contribution in [-0.2, 0) is 9.53 Å². The molecule has 0 aliphatic heterocycles. The van der Waals surface area contributed by atoms with Crippen LogP contribution in [-0.4, -0.2) is 25.4 Å². The normalized spacial score (nSPS) is 14.8. The molecule has 0 spiro atoms. The van der Waals surface area contributed by atoms with Gasteiger partial charge in [-0.2, -0.15) is 0 Å². The Morgan fingerprint density at radius 2 is 2.00 bits per heavy atom. The lowest BCUT2D eigenvalue weighted by Crippen LogP contribution is -2.24. The predicted molar refractivity (Wildman–Crippen MR) is 58.7 cm³/mol. The summed E-state index contributed by atoms with van der Waals surface area (Å²) >= 11 is 0. The summed E-state index contributed by atoms with van der Waals surface area (Å²) in [6.07, 6.45) is 0.566. The topological polar surface area (TPSA) is 26.3 Å². The Hall–Kier alpha value is -0.100. The number of rotatable bonds is 4. The van der Waals surface area contributed by atoms with E-state index in [0.717, 1.165) is 0 Å². The van der Waals surface area contributed by atoms with Crippen LogP contribution in [0.4, 0.5) is 0 Å². The third kappa shape index (κ3) is 6.04. The minimum Gasteiger partial charge on any atom is -0.465 e. The monoisotopic (exact) mass is 204 g/mol. The van der Waals surface area contributed by atoms with Crippen LogP contribution in [0, 0.1) is 11.3 Å². The van der Waals surface area contributed by atoms with Crippen LogP contribution in [0.15, 0.2) is 0 Å². The molecule has 3 heteroatoms. The molecule has 0 aliphatic carbocycles. The lowest BCUT2D eigenvalue weighted by Gasteiger charge is -2.26. The Kier molecular flexibility index (Phi) is 5.55. The van der Waals surface area contributed by atoms with Gasteiger partial charge in [-0.3, -0.25) is 4.79 Å². The Morgan fingerprint density at radius 3 is 2.38 bits per heavy atom. The average molecular weight is 204 g/mol. The van der Waals surface area contributed by atoms with E-state index in [1.165, 1.54) is 0 Å². The summed E-state index contributed by atoms with van der Waals surface area (Å²) in [6.45, 7) is 11.1. The van der Waals surface area contributed by atoms with Gasteiger partial charge >= 0.3 is 5.97 Å². The van der Waals surface area contributed by atoms with Crippen molar-refractivity contribution in [3.8, 4) is 0 Å². The molecule has 13 heavy (non-hydrogen) atoms. The average Bonchev–Trinajstić information content (AvgIpc) is 1.99. The summed E-state index contributed by atoms with van der Waals surface area (Å²) in [5.74, 6) is 0.355. The predicted octanol–water partition coefficient (Wildman–Crippen LogP) is 2.52. The maximum Gasteiger partial charge on any atom is 0.309 e. The van der Waals surface area contributed by atoms with Crippen molar-refractivity contribution in [1.82, 2.24) is 0 Å². The zero-order valence-corrected chi connectivity index (χ0v) is 10.3. The highest BCUT2D eigenvalue weighted by Crippen LogP contribution is 2.25. The largest absolute Gasteiger partial charge is 0.465 e. The van der Waals surface area contributed by atoms with E-state index < -0.39 is 0 Å². The molecule has 0 aromatic heterocycles. The summed E-state index contributed by atoms with van der Waals surface area (Å²) in [5.41, 5.74) is 0.217. The van der Waals surface area contributed by atoms with Crippen molar-refractivity contribution in [2.75, 3.05) is 19.4 Å². The molecule has 0 aromatic rings. The molecule has 0 radical (unpaired) electrons. The molecule has 2 atom stereocenters. The van der Waals surface area contributed by atoms with E-state index >= 15 is 0 Å². The van der Waals surface area contributed by atoms with E-state index in [4.69, 9.17) is 4.74 Å². The Labute approximate surface area is 83.2 Å². The lowest BCUT2D eigenvalue weighted by atomic mass is 9.83. The fourth-order valence-electron chi connectivity index (χ4n) is 0.663. The van der Waals surface area contributed by atoms with Gasteiger partial charge in [-0.15, -0.1) is 8.58 Å². The molecule has 2 unspecified atom stereocenters. The van der Waals surface area contributed by atoms with Gasteiger partial charge < -0.3 is 4.74 Å². The highest BCUT2D eigenvalue weighted by Gasteiger charge is 2.21. The zero-order valence-electron chi connectivity index (χ0n) is 9.31. The molecular formula is C10H21O2P. The van der Waals surface area contributed by atoms with E-state index in [1.54, 1.807) is 0 Å². The van der Waals surface area contributed by atoms with Gasteiger partial charge in [0.1, 0.15) is 0 Å². The van der Waals surface area contributed by atoms with Crippen molar-refractivity contribution in [3.63, 3.8) is 0 Å². The molecule has 78 valence electrons. The number of hydrogen-bond acceptors (Lipinski definition) is 2. The molecule has 0 N–H and O–H groups in total. The third-order valence-corrected chi connectivity index (χ3v) is 2.94. The minimum atomic E-state index is -0.0584. The van der Waals surface area contributed by atoms with Crippen molar-refractivity contribution >= 4 is 14.6 Å². The molecule has 0 rings (SSSR count). The summed E-state index contributed by atoms with van der Waals surface area (Å²) < 4.78 is 5.14. The smallest absolute Gasteiger partial charge is 0.309 e. The van der Waals surface area contributed by atoms with Crippen LogP contribution >= 0.6 is 8.58 Å². The van der Waals surface area contributed by atoms with E-state index in [9.17, 15) is 4.79 Å². The molecular weight excluding hydrogens is 183 g/mol. The molecule has 0 amide bonds. The van der Waals surface area contributed by atoms with Crippen molar-refractivity contribution in [1.29, 1.82) is 0 Å². The van der Waals surface area contributed by atoms with Gasteiger partial charge in [-0.1, -0.05) is 27.7 Å². The first-order valence-corrected chi connectivity index (χ1v) is 6.39. The maximum atomic E-state index is 11.1. The molecule has 0 fully saturated rings. The Balaban J connectivity index is 3.70. The summed E-state index contributed by atoms with van der Waals surface area (Å²) in [6, 6.07) is 0. The van der Waals surface area contributed by atoms with Gasteiger partial charge in [-0.05, 0) is 18.0 Å². The quantitative estimate of drug-likeness (QED) is 0.519. The van der Waals surface area contributed by atoms with Crippen LogP contribution in [0.2, 0.25) is 0 Å².